The largest absolute Gasteiger partial charge is 0.375 e. The molecule has 1 aromatic heterocycles. The lowest BCUT2D eigenvalue weighted by molar-refractivity contribution is 0.0668. The van der Waals surface area contributed by atoms with E-state index in [4.69, 9.17) is 10.5 Å². The first kappa shape index (κ1) is 14.5. The van der Waals surface area contributed by atoms with Gasteiger partial charge in [-0.05, 0) is 36.6 Å². The Morgan fingerprint density at radius 3 is 2.71 bits per heavy atom. The molecule has 0 radical (unpaired) electrons. The van der Waals surface area contributed by atoms with Gasteiger partial charge in [-0.3, -0.25) is 4.98 Å². The van der Waals surface area contributed by atoms with Crippen LogP contribution in [0.5, 0.6) is 0 Å². The van der Waals surface area contributed by atoms with Gasteiger partial charge in [0.15, 0.2) is 0 Å². The monoisotopic (exact) mass is 284 g/mol. The van der Waals surface area contributed by atoms with E-state index < -0.39 is 0 Å². The van der Waals surface area contributed by atoms with E-state index in [1.807, 2.05) is 12.3 Å². The van der Waals surface area contributed by atoms with Gasteiger partial charge in [-0.2, -0.15) is 0 Å². The van der Waals surface area contributed by atoms with Crippen molar-refractivity contribution in [2.75, 3.05) is 6.61 Å². The Morgan fingerprint density at radius 1 is 1.10 bits per heavy atom. The molecule has 0 unspecified atom stereocenters. The maximum atomic E-state index is 6.48. The Labute approximate surface area is 126 Å². The first-order chi connectivity index (χ1) is 10.3. The molecule has 3 heteroatoms. The molecule has 0 spiro atoms. The molecule has 1 saturated carbocycles. The van der Waals surface area contributed by atoms with Gasteiger partial charge in [-0.25, -0.2) is 0 Å². The van der Waals surface area contributed by atoms with Crippen LogP contribution in [-0.2, 0) is 11.3 Å². The van der Waals surface area contributed by atoms with Crippen LogP contribution in [0.25, 0.3) is 10.9 Å². The van der Waals surface area contributed by atoms with E-state index in [9.17, 15) is 0 Å². The quantitative estimate of drug-likeness (QED) is 0.869. The number of rotatable bonds is 4. The normalized spacial score (nSPS) is 18.5. The second-order valence-corrected chi connectivity index (χ2v) is 6.30. The standard InChI is InChI=1S/C18H24N2O/c19-18(9-3-1-2-4-10-18)14-21-13-15-7-8-17-16(12-15)6-5-11-20-17/h5-8,11-12H,1-4,9-10,13-14,19H2. The smallest absolute Gasteiger partial charge is 0.0718 e. The van der Waals surface area contributed by atoms with Crippen LogP contribution in [0.2, 0.25) is 0 Å². The van der Waals surface area contributed by atoms with Gasteiger partial charge in [0, 0.05) is 17.1 Å². The summed E-state index contributed by atoms with van der Waals surface area (Å²) < 4.78 is 5.92. The Bertz CT molecular complexity index is 589. The Balaban J connectivity index is 1.58. The van der Waals surface area contributed by atoms with Crippen molar-refractivity contribution in [3.8, 4) is 0 Å². The number of benzene rings is 1. The topological polar surface area (TPSA) is 48.1 Å². The summed E-state index contributed by atoms with van der Waals surface area (Å²) in [7, 11) is 0. The van der Waals surface area contributed by atoms with Crippen molar-refractivity contribution in [2.24, 2.45) is 5.73 Å². The summed E-state index contributed by atoms with van der Waals surface area (Å²) in [6.45, 7) is 1.29. The van der Waals surface area contributed by atoms with E-state index in [-0.39, 0.29) is 5.54 Å². The van der Waals surface area contributed by atoms with Crippen LogP contribution in [-0.4, -0.2) is 17.1 Å². The molecule has 1 aromatic carbocycles. The van der Waals surface area contributed by atoms with Gasteiger partial charge < -0.3 is 10.5 Å². The summed E-state index contributed by atoms with van der Waals surface area (Å²) in [6.07, 6.45) is 9.11. The molecular weight excluding hydrogens is 260 g/mol. The zero-order chi connectivity index (χ0) is 14.5. The number of pyridine rings is 1. The number of hydrogen-bond donors (Lipinski definition) is 1. The average molecular weight is 284 g/mol. The predicted octanol–water partition coefficient (Wildman–Crippen LogP) is 3.80. The molecule has 1 heterocycles. The third kappa shape index (κ3) is 3.80. The number of ether oxygens (including phenoxy) is 1. The molecule has 3 nitrogen and oxygen atoms in total. The predicted molar refractivity (Wildman–Crippen MR) is 86.0 cm³/mol. The summed E-state index contributed by atoms with van der Waals surface area (Å²) in [4.78, 5) is 4.34. The highest BCUT2D eigenvalue weighted by molar-refractivity contribution is 5.78. The molecule has 0 saturated heterocycles. The average Bonchev–Trinajstić information content (AvgIpc) is 2.72. The molecule has 3 rings (SSSR count). The first-order valence-corrected chi connectivity index (χ1v) is 7.96. The maximum Gasteiger partial charge on any atom is 0.0718 e. The van der Waals surface area contributed by atoms with Crippen LogP contribution < -0.4 is 5.73 Å². The van der Waals surface area contributed by atoms with E-state index >= 15 is 0 Å². The molecule has 1 aliphatic rings. The number of fused-ring (bicyclic) bond motifs is 1. The second kappa shape index (κ2) is 6.54. The van der Waals surface area contributed by atoms with E-state index in [2.05, 4.69) is 29.2 Å². The molecule has 0 aliphatic heterocycles. The third-order valence-electron chi connectivity index (χ3n) is 4.42. The van der Waals surface area contributed by atoms with Gasteiger partial charge >= 0.3 is 0 Å². The van der Waals surface area contributed by atoms with E-state index in [1.54, 1.807) is 0 Å². The lowest BCUT2D eigenvalue weighted by Gasteiger charge is -2.27. The lowest BCUT2D eigenvalue weighted by Crippen LogP contribution is -2.43. The zero-order valence-corrected chi connectivity index (χ0v) is 12.6. The zero-order valence-electron chi connectivity index (χ0n) is 12.6. The molecular formula is C18H24N2O. The van der Waals surface area contributed by atoms with Crippen molar-refractivity contribution in [3.05, 3.63) is 42.1 Å². The molecule has 112 valence electrons. The molecule has 0 atom stereocenters. The number of nitrogens with two attached hydrogens (primary N) is 1. The molecule has 1 fully saturated rings. The number of nitrogens with zero attached hydrogens (tertiary/aromatic N) is 1. The van der Waals surface area contributed by atoms with Crippen molar-refractivity contribution in [3.63, 3.8) is 0 Å². The molecule has 0 bridgehead atoms. The van der Waals surface area contributed by atoms with E-state index in [0.29, 0.717) is 13.2 Å². The van der Waals surface area contributed by atoms with Gasteiger partial charge in [0.05, 0.1) is 18.7 Å². The van der Waals surface area contributed by atoms with Crippen LogP contribution >= 0.6 is 0 Å². The van der Waals surface area contributed by atoms with Crippen LogP contribution in [0.4, 0.5) is 0 Å². The fourth-order valence-electron chi connectivity index (χ4n) is 3.16. The summed E-state index contributed by atoms with van der Waals surface area (Å²) >= 11 is 0. The lowest BCUT2D eigenvalue weighted by atomic mass is 9.92. The van der Waals surface area contributed by atoms with Gasteiger partial charge in [0.25, 0.3) is 0 Å². The van der Waals surface area contributed by atoms with Gasteiger partial charge in [-0.1, -0.05) is 37.8 Å². The minimum Gasteiger partial charge on any atom is -0.375 e. The van der Waals surface area contributed by atoms with Crippen LogP contribution in [0, 0.1) is 0 Å². The van der Waals surface area contributed by atoms with Gasteiger partial charge in [0.1, 0.15) is 0 Å². The molecule has 2 N–H and O–H groups in total. The Hall–Kier alpha value is -1.45. The second-order valence-electron chi connectivity index (χ2n) is 6.30. The van der Waals surface area contributed by atoms with Crippen molar-refractivity contribution in [1.82, 2.24) is 4.98 Å². The summed E-state index contributed by atoms with van der Waals surface area (Å²) in [5.74, 6) is 0. The minimum absolute atomic E-state index is 0.116. The maximum absolute atomic E-state index is 6.48. The minimum atomic E-state index is -0.116. The van der Waals surface area contributed by atoms with Crippen LogP contribution in [0.3, 0.4) is 0 Å². The highest BCUT2D eigenvalue weighted by Crippen LogP contribution is 2.25. The van der Waals surface area contributed by atoms with E-state index in [1.165, 1.54) is 31.2 Å². The first-order valence-electron chi connectivity index (χ1n) is 7.96. The van der Waals surface area contributed by atoms with Gasteiger partial charge in [-0.15, -0.1) is 0 Å². The Morgan fingerprint density at radius 2 is 1.90 bits per heavy atom. The molecule has 0 amide bonds. The van der Waals surface area contributed by atoms with Crippen LogP contribution in [0.15, 0.2) is 36.5 Å². The summed E-state index contributed by atoms with van der Waals surface area (Å²) in [5, 5.41) is 1.16. The molecule has 1 aliphatic carbocycles. The van der Waals surface area contributed by atoms with Crippen molar-refractivity contribution < 1.29 is 4.74 Å². The highest BCUT2D eigenvalue weighted by atomic mass is 16.5. The van der Waals surface area contributed by atoms with Crippen molar-refractivity contribution in [1.29, 1.82) is 0 Å². The Kier molecular flexibility index (Phi) is 4.51. The summed E-state index contributed by atoms with van der Waals surface area (Å²) in [5.41, 5.74) is 8.58. The fourth-order valence-corrected chi connectivity index (χ4v) is 3.16. The molecule has 2 aromatic rings. The SMILES string of the molecule is NC1(COCc2ccc3ncccc3c2)CCCCCC1. The van der Waals surface area contributed by atoms with Crippen molar-refractivity contribution in [2.45, 2.75) is 50.7 Å². The third-order valence-corrected chi connectivity index (χ3v) is 4.42. The summed E-state index contributed by atoms with van der Waals surface area (Å²) in [6, 6.07) is 10.3. The van der Waals surface area contributed by atoms with Crippen LogP contribution in [0.1, 0.15) is 44.1 Å². The molecule has 21 heavy (non-hydrogen) atoms. The van der Waals surface area contributed by atoms with Gasteiger partial charge in [0.2, 0.25) is 0 Å². The fraction of sp³-hybridized carbons (Fsp3) is 0.500. The van der Waals surface area contributed by atoms with E-state index in [0.717, 1.165) is 23.7 Å². The number of aromatic nitrogens is 1. The van der Waals surface area contributed by atoms with Crippen molar-refractivity contribution >= 4 is 10.9 Å². The highest BCUT2D eigenvalue weighted by Gasteiger charge is 2.26. The number of hydrogen-bond acceptors (Lipinski definition) is 3.